The van der Waals surface area contributed by atoms with Gasteiger partial charge in [0.25, 0.3) is 0 Å². The number of hydrogen-bond acceptors (Lipinski definition) is 1. The number of fused-ring (bicyclic) bond motifs is 1. The van der Waals surface area contributed by atoms with Gasteiger partial charge in [0.05, 0.1) is 6.20 Å². The Balaban J connectivity index is 2.39. The quantitative estimate of drug-likeness (QED) is 0.642. The van der Waals surface area contributed by atoms with Crippen LogP contribution in [0, 0.1) is 5.92 Å². The maximum Gasteiger partial charge on any atom is 0.0565 e. The number of allylic oxidation sites excluding steroid dienone is 1. The fraction of sp³-hybridized carbons (Fsp3) is 0.545. The number of aromatic nitrogens is 2. The van der Waals surface area contributed by atoms with Gasteiger partial charge in [0.2, 0.25) is 0 Å². The topological polar surface area (TPSA) is 17.8 Å². The molecule has 0 N–H and O–H groups in total. The Bertz CT molecular complexity index is 345. The lowest BCUT2D eigenvalue weighted by molar-refractivity contribution is 0.662. The first-order valence-corrected chi connectivity index (χ1v) is 4.90. The van der Waals surface area contributed by atoms with E-state index in [1.165, 1.54) is 17.7 Å². The molecule has 0 radical (unpaired) electrons. The van der Waals surface area contributed by atoms with E-state index in [1.807, 2.05) is 17.9 Å². The molecule has 0 unspecified atom stereocenters. The van der Waals surface area contributed by atoms with E-state index in [0.29, 0.717) is 5.92 Å². The van der Waals surface area contributed by atoms with E-state index in [0.717, 1.165) is 6.42 Å². The van der Waals surface area contributed by atoms with Gasteiger partial charge in [-0.1, -0.05) is 25.5 Å². The molecule has 1 aliphatic rings. The van der Waals surface area contributed by atoms with Crippen molar-refractivity contribution in [2.24, 2.45) is 13.0 Å². The van der Waals surface area contributed by atoms with Crippen LogP contribution < -0.4 is 0 Å². The van der Waals surface area contributed by atoms with E-state index in [-0.39, 0.29) is 0 Å². The fourth-order valence-electron chi connectivity index (χ4n) is 1.90. The lowest BCUT2D eigenvalue weighted by Gasteiger charge is -2.16. The van der Waals surface area contributed by atoms with Crippen LogP contribution in [-0.4, -0.2) is 9.78 Å². The van der Waals surface area contributed by atoms with Crippen LogP contribution in [0.15, 0.2) is 11.8 Å². The van der Waals surface area contributed by atoms with E-state index in [2.05, 4.69) is 25.0 Å². The second kappa shape index (κ2) is 3.02. The third kappa shape index (κ3) is 1.41. The van der Waals surface area contributed by atoms with Crippen LogP contribution >= 0.6 is 0 Å². The molecule has 0 bridgehead atoms. The highest BCUT2D eigenvalue weighted by atomic mass is 15.3. The molecule has 0 aliphatic heterocycles. The first-order chi connectivity index (χ1) is 6.18. The van der Waals surface area contributed by atoms with Gasteiger partial charge in [-0.15, -0.1) is 0 Å². The zero-order chi connectivity index (χ0) is 9.42. The van der Waals surface area contributed by atoms with Crippen molar-refractivity contribution < 1.29 is 0 Å². The van der Waals surface area contributed by atoms with Gasteiger partial charge in [0.15, 0.2) is 0 Å². The van der Waals surface area contributed by atoms with E-state index >= 15 is 0 Å². The number of hydrogen-bond donors (Lipinski definition) is 0. The molecule has 0 saturated heterocycles. The second-order valence-electron chi connectivity index (χ2n) is 4.04. The summed E-state index contributed by atoms with van der Waals surface area (Å²) in [4.78, 5) is 0. The molecule has 0 fully saturated rings. The van der Waals surface area contributed by atoms with Crippen LogP contribution in [0.1, 0.15) is 31.5 Å². The van der Waals surface area contributed by atoms with Gasteiger partial charge in [-0.05, 0) is 18.8 Å². The number of nitrogens with zero attached hydrogens (tertiary/aromatic N) is 2. The van der Waals surface area contributed by atoms with Crippen LogP contribution in [0.3, 0.4) is 0 Å². The molecule has 1 aromatic rings. The Hall–Kier alpha value is -1.05. The van der Waals surface area contributed by atoms with Crippen molar-refractivity contribution >= 4 is 6.08 Å². The van der Waals surface area contributed by atoms with Crippen LogP contribution in [0.4, 0.5) is 0 Å². The van der Waals surface area contributed by atoms with E-state index in [4.69, 9.17) is 0 Å². The molecule has 2 heteroatoms. The molecule has 1 aromatic heterocycles. The summed E-state index contributed by atoms with van der Waals surface area (Å²) in [7, 11) is 2.02. The van der Waals surface area contributed by atoms with E-state index in [9.17, 15) is 0 Å². The minimum absolute atomic E-state index is 0.674. The van der Waals surface area contributed by atoms with Crippen molar-refractivity contribution in [1.82, 2.24) is 9.78 Å². The molecular formula is C11H16N2. The average Bonchev–Trinajstić information content (AvgIpc) is 2.47. The molecule has 70 valence electrons. The van der Waals surface area contributed by atoms with Crippen molar-refractivity contribution in [2.75, 3.05) is 0 Å². The van der Waals surface area contributed by atoms with E-state index < -0.39 is 0 Å². The van der Waals surface area contributed by atoms with Gasteiger partial charge < -0.3 is 0 Å². The summed E-state index contributed by atoms with van der Waals surface area (Å²) in [6.45, 7) is 4.51. The summed E-state index contributed by atoms with van der Waals surface area (Å²) in [6.07, 6.45) is 6.62. The third-order valence-electron chi connectivity index (χ3n) is 2.83. The molecule has 2 nitrogen and oxygen atoms in total. The highest BCUT2D eigenvalue weighted by Gasteiger charge is 2.15. The van der Waals surface area contributed by atoms with Crippen LogP contribution in [0.2, 0.25) is 0 Å². The highest BCUT2D eigenvalue weighted by molar-refractivity contribution is 5.57. The normalized spacial score (nSPS) is 15.8. The largest absolute Gasteiger partial charge is 0.272 e. The van der Waals surface area contributed by atoms with Crippen LogP contribution in [0.5, 0.6) is 0 Å². The zero-order valence-corrected chi connectivity index (χ0v) is 8.54. The molecule has 0 atom stereocenters. The summed E-state index contributed by atoms with van der Waals surface area (Å²) in [6, 6.07) is 0. The van der Waals surface area contributed by atoms with Crippen molar-refractivity contribution in [2.45, 2.75) is 26.7 Å². The summed E-state index contributed by atoms with van der Waals surface area (Å²) >= 11 is 0. The average molecular weight is 176 g/mol. The monoisotopic (exact) mass is 176 g/mol. The number of rotatable bonds is 1. The summed E-state index contributed by atoms with van der Waals surface area (Å²) in [5.74, 6) is 0.674. The lowest BCUT2D eigenvalue weighted by atomic mass is 9.90. The predicted molar refractivity (Wildman–Crippen MR) is 54.3 cm³/mol. The van der Waals surface area contributed by atoms with Crippen molar-refractivity contribution in [1.29, 1.82) is 0 Å². The predicted octanol–water partition coefficient (Wildman–Crippen LogP) is 2.41. The van der Waals surface area contributed by atoms with Gasteiger partial charge in [0, 0.05) is 18.3 Å². The Morgan fingerprint density at radius 3 is 2.85 bits per heavy atom. The molecule has 0 aromatic carbocycles. The Labute approximate surface area is 79.3 Å². The minimum atomic E-state index is 0.674. The second-order valence-corrected chi connectivity index (χ2v) is 4.04. The molecule has 2 rings (SSSR count). The Morgan fingerprint density at radius 2 is 2.15 bits per heavy atom. The smallest absolute Gasteiger partial charge is 0.0565 e. The zero-order valence-electron chi connectivity index (χ0n) is 8.54. The number of aryl methyl sites for hydroxylation is 1. The molecule has 0 spiro atoms. The maximum absolute atomic E-state index is 4.26. The summed E-state index contributed by atoms with van der Waals surface area (Å²) in [5, 5.41) is 4.26. The Morgan fingerprint density at radius 1 is 1.38 bits per heavy atom. The summed E-state index contributed by atoms with van der Waals surface area (Å²) in [5.41, 5.74) is 4.25. The molecular weight excluding hydrogens is 160 g/mol. The molecule has 13 heavy (non-hydrogen) atoms. The van der Waals surface area contributed by atoms with Gasteiger partial charge in [-0.3, -0.25) is 4.68 Å². The SMILES string of the molecule is CC(C)C1=Cc2cnn(C)c2CC1. The highest BCUT2D eigenvalue weighted by Crippen LogP contribution is 2.27. The van der Waals surface area contributed by atoms with Crippen molar-refractivity contribution in [3.05, 3.63) is 23.0 Å². The first-order valence-electron chi connectivity index (χ1n) is 4.90. The minimum Gasteiger partial charge on any atom is -0.272 e. The summed E-state index contributed by atoms with van der Waals surface area (Å²) < 4.78 is 1.99. The van der Waals surface area contributed by atoms with Gasteiger partial charge >= 0.3 is 0 Å². The molecule has 0 amide bonds. The van der Waals surface area contributed by atoms with Crippen molar-refractivity contribution in [3.63, 3.8) is 0 Å². The third-order valence-corrected chi connectivity index (χ3v) is 2.83. The van der Waals surface area contributed by atoms with Gasteiger partial charge in [0.1, 0.15) is 0 Å². The standard InChI is InChI=1S/C11H16N2/c1-8(2)9-4-5-11-10(6-9)7-12-13(11)3/h6-8H,4-5H2,1-3H3. The van der Waals surface area contributed by atoms with Crippen molar-refractivity contribution in [3.8, 4) is 0 Å². The molecule has 1 heterocycles. The first kappa shape index (κ1) is 8.54. The van der Waals surface area contributed by atoms with Crippen LogP contribution in [0.25, 0.3) is 6.08 Å². The van der Waals surface area contributed by atoms with Gasteiger partial charge in [-0.25, -0.2) is 0 Å². The lowest BCUT2D eigenvalue weighted by Crippen LogP contribution is -2.06. The molecule has 0 saturated carbocycles. The fourth-order valence-corrected chi connectivity index (χ4v) is 1.90. The van der Waals surface area contributed by atoms with Crippen LogP contribution in [-0.2, 0) is 13.5 Å². The maximum atomic E-state index is 4.26. The van der Waals surface area contributed by atoms with E-state index in [1.54, 1.807) is 5.57 Å². The Kier molecular flexibility index (Phi) is 1.98. The molecule has 1 aliphatic carbocycles. The van der Waals surface area contributed by atoms with Gasteiger partial charge in [-0.2, -0.15) is 5.10 Å².